The molecule has 128 valence electrons. The van der Waals surface area contributed by atoms with Gasteiger partial charge in [0, 0.05) is 16.8 Å². The first kappa shape index (κ1) is 16.8. The molecule has 8 heteroatoms. The SMILES string of the molecule is CC1OC(C)(C)c2c(O)ccc(NC(=O)c3c(Cl)n[nH]c3CO)c21. The van der Waals surface area contributed by atoms with Crippen LogP contribution in [0.25, 0.3) is 0 Å². The van der Waals surface area contributed by atoms with E-state index in [1.807, 2.05) is 20.8 Å². The van der Waals surface area contributed by atoms with E-state index in [4.69, 9.17) is 16.3 Å². The highest BCUT2D eigenvalue weighted by Gasteiger charge is 2.40. The summed E-state index contributed by atoms with van der Waals surface area (Å²) in [6.45, 7) is 5.18. The summed E-state index contributed by atoms with van der Waals surface area (Å²) in [5, 5.41) is 28.5. The van der Waals surface area contributed by atoms with Gasteiger partial charge in [0.1, 0.15) is 11.3 Å². The minimum Gasteiger partial charge on any atom is -0.508 e. The Balaban J connectivity index is 2.02. The monoisotopic (exact) mass is 351 g/mol. The lowest BCUT2D eigenvalue weighted by Gasteiger charge is -2.20. The topological polar surface area (TPSA) is 107 Å². The number of nitrogens with zero attached hydrogens (tertiary/aromatic N) is 1. The van der Waals surface area contributed by atoms with Gasteiger partial charge in [0.25, 0.3) is 5.91 Å². The van der Waals surface area contributed by atoms with Crippen LogP contribution in [0.2, 0.25) is 5.15 Å². The highest BCUT2D eigenvalue weighted by Crippen LogP contribution is 2.50. The van der Waals surface area contributed by atoms with Gasteiger partial charge in [-0.2, -0.15) is 5.10 Å². The smallest absolute Gasteiger partial charge is 0.260 e. The van der Waals surface area contributed by atoms with Gasteiger partial charge >= 0.3 is 0 Å². The Hall–Kier alpha value is -2.09. The number of carbonyl (C=O) groups is 1. The third-order valence-corrected chi connectivity index (χ3v) is 4.41. The fourth-order valence-corrected chi connectivity index (χ4v) is 3.46. The van der Waals surface area contributed by atoms with Gasteiger partial charge in [-0.25, -0.2) is 0 Å². The zero-order valence-electron chi connectivity index (χ0n) is 13.5. The van der Waals surface area contributed by atoms with Gasteiger partial charge < -0.3 is 20.3 Å². The van der Waals surface area contributed by atoms with E-state index in [9.17, 15) is 15.0 Å². The van der Waals surface area contributed by atoms with Crippen molar-refractivity contribution in [3.63, 3.8) is 0 Å². The molecule has 0 radical (unpaired) electrons. The summed E-state index contributed by atoms with van der Waals surface area (Å²) in [5.41, 5.74) is 1.55. The van der Waals surface area contributed by atoms with Gasteiger partial charge in [-0.3, -0.25) is 9.89 Å². The average molecular weight is 352 g/mol. The third-order valence-electron chi connectivity index (χ3n) is 4.13. The molecule has 0 saturated carbocycles. The zero-order chi connectivity index (χ0) is 17.6. The van der Waals surface area contributed by atoms with Crippen molar-refractivity contribution in [2.45, 2.75) is 39.1 Å². The predicted octanol–water partition coefficient (Wildman–Crippen LogP) is 2.84. The van der Waals surface area contributed by atoms with Crippen molar-refractivity contribution in [1.82, 2.24) is 10.2 Å². The molecule has 1 aliphatic heterocycles. The fraction of sp³-hybridized carbons (Fsp3) is 0.375. The molecule has 0 bridgehead atoms. The molecule has 7 nitrogen and oxygen atoms in total. The largest absolute Gasteiger partial charge is 0.508 e. The van der Waals surface area contributed by atoms with Crippen LogP contribution in [0.15, 0.2) is 12.1 Å². The average Bonchev–Trinajstić information content (AvgIpc) is 2.99. The Kier molecular flexibility index (Phi) is 4.03. The summed E-state index contributed by atoms with van der Waals surface area (Å²) in [6.07, 6.45) is -0.297. The number of anilines is 1. The van der Waals surface area contributed by atoms with Crippen LogP contribution in [0.4, 0.5) is 5.69 Å². The number of benzene rings is 1. The number of hydrogen-bond donors (Lipinski definition) is 4. The molecule has 0 saturated heterocycles. The van der Waals surface area contributed by atoms with Crippen LogP contribution < -0.4 is 5.32 Å². The molecule has 0 aliphatic carbocycles. The molecule has 0 fully saturated rings. The minimum atomic E-state index is -0.664. The summed E-state index contributed by atoms with van der Waals surface area (Å²) in [6, 6.07) is 3.13. The molecule has 24 heavy (non-hydrogen) atoms. The number of ether oxygens (including phenoxy) is 1. The summed E-state index contributed by atoms with van der Waals surface area (Å²) in [5.74, 6) is -0.377. The quantitative estimate of drug-likeness (QED) is 0.636. The van der Waals surface area contributed by atoms with E-state index >= 15 is 0 Å². The van der Waals surface area contributed by atoms with Gasteiger partial charge in [-0.15, -0.1) is 0 Å². The summed E-state index contributed by atoms with van der Waals surface area (Å²) in [4.78, 5) is 12.6. The Morgan fingerprint density at radius 2 is 2.21 bits per heavy atom. The molecule has 0 spiro atoms. The maximum atomic E-state index is 12.6. The van der Waals surface area contributed by atoms with Crippen LogP contribution in [0, 0.1) is 0 Å². The molecule has 2 heterocycles. The van der Waals surface area contributed by atoms with E-state index in [-0.39, 0.29) is 34.9 Å². The molecule has 4 N–H and O–H groups in total. The van der Waals surface area contributed by atoms with Gasteiger partial charge in [0.15, 0.2) is 5.15 Å². The zero-order valence-corrected chi connectivity index (χ0v) is 14.2. The maximum Gasteiger partial charge on any atom is 0.260 e. The predicted molar refractivity (Wildman–Crippen MR) is 88.1 cm³/mol. The van der Waals surface area contributed by atoms with Crippen molar-refractivity contribution in [2.75, 3.05) is 5.32 Å². The molecule has 1 unspecified atom stereocenters. The Labute approximate surface area is 143 Å². The normalized spacial score (nSPS) is 18.5. The fourth-order valence-electron chi connectivity index (χ4n) is 3.21. The number of carbonyl (C=O) groups excluding carboxylic acids is 1. The van der Waals surface area contributed by atoms with Crippen LogP contribution in [-0.2, 0) is 16.9 Å². The number of halogens is 1. The second-order valence-corrected chi connectivity index (χ2v) is 6.53. The molecule has 1 aliphatic rings. The Bertz CT molecular complexity index is 816. The van der Waals surface area contributed by atoms with Gasteiger partial charge in [-0.1, -0.05) is 11.6 Å². The lowest BCUT2D eigenvalue weighted by atomic mass is 9.92. The number of hydrogen-bond acceptors (Lipinski definition) is 5. The lowest BCUT2D eigenvalue weighted by Crippen LogP contribution is -2.16. The number of fused-ring (bicyclic) bond motifs is 1. The summed E-state index contributed by atoms with van der Waals surface area (Å²) >= 11 is 5.92. The number of aliphatic hydroxyl groups is 1. The van der Waals surface area contributed by atoms with Crippen molar-refractivity contribution in [3.05, 3.63) is 39.7 Å². The maximum absolute atomic E-state index is 12.6. The lowest BCUT2D eigenvalue weighted by molar-refractivity contribution is -0.0441. The van der Waals surface area contributed by atoms with Crippen LogP contribution >= 0.6 is 11.6 Å². The Morgan fingerprint density at radius 1 is 1.50 bits per heavy atom. The number of aliphatic hydroxyl groups excluding tert-OH is 1. The number of phenols is 1. The van der Waals surface area contributed by atoms with E-state index in [1.54, 1.807) is 6.07 Å². The summed E-state index contributed by atoms with van der Waals surface area (Å²) in [7, 11) is 0. The summed E-state index contributed by atoms with van der Waals surface area (Å²) < 4.78 is 5.89. The van der Waals surface area contributed by atoms with Gasteiger partial charge in [0.2, 0.25) is 0 Å². The van der Waals surface area contributed by atoms with Crippen molar-refractivity contribution in [3.8, 4) is 5.75 Å². The molecular weight excluding hydrogens is 334 g/mol. The number of phenolic OH excluding ortho intramolecular Hbond substituents is 1. The molecule has 1 aromatic heterocycles. The highest BCUT2D eigenvalue weighted by atomic mass is 35.5. The second kappa shape index (κ2) is 5.77. The van der Waals surface area contributed by atoms with E-state index in [1.165, 1.54) is 6.07 Å². The number of aromatic nitrogens is 2. The van der Waals surface area contributed by atoms with Crippen molar-refractivity contribution in [2.24, 2.45) is 0 Å². The number of aromatic amines is 1. The number of nitrogens with one attached hydrogen (secondary N) is 2. The molecular formula is C16H18ClN3O4. The molecule has 1 aromatic carbocycles. The van der Waals surface area contributed by atoms with E-state index in [0.717, 1.165) is 5.56 Å². The van der Waals surface area contributed by atoms with E-state index in [2.05, 4.69) is 15.5 Å². The van der Waals surface area contributed by atoms with Crippen molar-refractivity contribution in [1.29, 1.82) is 0 Å². The van der Waals surface area contributed by atoms with Crippen LogP contribution in [0.5, 0.6) is 5.75 Å². The number of H-pyrrole nitrogens is 1. The van der Waals surface area contributed by atoms with Crippen molar-refractivity contribution >= 4 is 23.2 Å². The molecule has 1 atom stereocenters. The molecule has 3 rings (SSSR count). The van der Waals surface area contributed by atoms with Crippen LogP contribution in [0.1, 0.15) is 54.1 Å². The first-order chi connectivity index (χ1) is 11.3. The van der Waals surface area contributed by atoms with Crippen molar-refractivity contribution < 1.29 is 19.7 Å². The van der Waals surface area contributed by atoms with Gasteiger partial charge in [-0.05, 0) is 32.9 Å². The standard InChI is InChI=1S/C16H18ClN3O4/c1-7-11-8(4-5-10(22)13(11)16(2,3)24-7)18-15(23)12-9(6-21)19-20-14(12)17/h4-5,7,21-22H,6H2,1-3H3,(H,18,23)(H,19,20). The first-order valence-corrected chi connectivity index (χ1v) is 7.83. The van der Waals surface area contributed by atoms with E-state index < -0.39 is 11.5 Å². The minimum absolute atomic E-state index is 0.0170. The van der Waals surface area contributed by atoms with E-state index in [0.29, 0.717) is 11.3 Å². The van der Waals surface area contributed by atoms with Crippen LogP contribution in [-0.4, -0.2) is 26.3 Å². The van der Waals surface area contributed by atoms with Crippen LogP contribution in [0.3, 0.4) is 0 Å². The van der Waals surface area contributed by atoms with Gasteiger partial charge in [0.05, 0.1) is 24.0 Å². The Morgan fingerprint density at radius 3 is 2.88 bits per heavy atom. The number of aromatic hydroxyl groups is 1. The third kappa shape index (κ3) is 2.54. The highest BCUT2D eigenvalue weighted by molar-refractivity contribution is 6.33. The first-order valence-electron chi connectivity index (χ1n) is 7.45. The number of rotatable bonds is 3. The molecule has 2 aromatic rings. The molecule has 1 amide bonds. The second-order valence-electron chi connectivity index (χ2n) is 6.17. The number of amides is 1.